The monoisotopic (exact) mass is 474 g/mol. The van der Waals surface area contributed by atoms with Crippen LogP contribution in [0.5, 0.6) is 23.0 Å². The van der Waals surface area contributed by atoms with Crippen LogP contribution >= 0.6 is 23.1 Å². The molecule has 1 heterocycles. The molecule has 3 rings (SSSR count). The van der Waals surface area contributed by atoms with Gasteiger partial charge in [-0.05, 0) is 31.2 Å². The third-order valence-electron chi connectivity index (χ3n) is 4.40. The summed E-state index contributed by atoms with van der Waals surface area (Å²) < 4.78 is 21.4. The average Bonchev–Trinajstić information content (AvgIpc) is 3.28. The van der Waals surface area contributed by atoms with Gasteiger partial charge in [0.1, 0.15) is 10.8 Å². The summed E-state index contributed by atoms with van der Waals surface area (Å²) in [5, 5.41) is 5.84. The molecule has 0 bridgehead atoms. The Bertz CT molecular complexity index is 1010. The van der Waals surface area contributed by atoms with Crippen LogP contribution in [0.1, 0.15) is 12.6 Å². The first-order valence-corrected chi connectivity index (χ1v) is 12.0. The zero-order chi connectivity index (χ0) is 22.9. The fraction of sp³-hybridized carbons (Fsp3) is 0.304. The van der Waals surface area contributed by atoms with Gasteiger partial charge in [0.05, 0.1) is 39.4 Å². The number of hydrogen-bond acceptors (Lipinski definition) is 8. The van der Waals surface area contributed by atoms with Gasteiger partial charge >= 0.3 is 0 Å². The largest absolute Gasteiger partial charge is 0.494 e. The Morgan fingerprint density at radius 3 is 2.34 bits per heavy atom. The minimum absolute atomic E-state index is 0.119. The summed E-state index contributed by atoms with van der Waals surface area (Å²) in [6.45, 7) is 2.61. The van der Waals surface area contributed by atoms with E-state index in [0.29, 0.717) is 41.0 Å². The number of thiazole rings is 1. The first-order chi connectivity index (χ1) is 15.6. The number of benzene rings is 2. The lowest BCUT2D eigenvalue weighted by Crippen LogP contribution is -2.14. The van der Waals surface area contributed by atoms with Crippen molar-refractivity contribution in [2.45, 2.75) is 12.7 Å². The van der Waals surface area contributed by atoms with Crippen molar-refractivity contribution >= 4 is 34.7 Å². The van der Waals surface area contributed by atoms with Crippen LogP contribution in [0.2, 0.25) is 0 Å². The molecule has 0 radical (unpaired) electrons. The second-order valence-corrected chi connectivity index (χ2v) is 8.40. The van der Waals surface area contributed by atoms with Crippen LogP contribution < -0.4 is 24.3 Å². The SMILES string of the molecule is CCOc1ccc(-c2nc(CSCC(=O)Nc3cc(OC)c(OC)c(OC)c3)cs2)cc1. The van der Waals surface area contributed by atoms with Crippen molar-refractivity contribution in [1.29, 1.82) is 0 Å². The summed E-state index contributed by atoms with van der Waals surface area (Å²) in [6.07, 6.45) is 0. The van der Waals surface area contributed by atoms with E-state index in [9.17, 15) is 4.79 Å². The molecule has 0 unspecified atom stereocenters. The number of carbonyl (C=O) groups excluding carboxylic acids is 1. The van der Waals surface area contributed by atoms with E-state index in [1.165, 1.54) is 33.1 Å². The van der Waals surface area contributed by atoms with E-state index in [1.807, 2.05) is 36.6 Å². The summed E-state index contributed by atoms with van der Waals surface area (Å²) in [4.78, 5) is 17.1. The molecule has 32 heavy (non-hydrogen) atoms. The van der Waals surface area contributed by atoms with Crippen LogP contribution in [0.4, 0.5) is 5.69 Å². The molecule has 9 heteroatoms. The Morgan fingerprint density at radius 2 is 1.75 bits per heavy atom. The lowest BCUT2D eigenvalue weighted by Gasteiger charge is -2.14. The second-order valence-electron chi connectivity index (χ2n) is 6.56. The molecule has 2 aromatic carbocycles. The molecule has 1 aromatic heterocycles. The Balaban J connectivity index is 1.53. The quantitative estimate of drug-likeness (QED) is 0.414. The number of anilines is 1. The van der Waals surface area contributed by atoms with Crippen LogP contribution in [0.25, 0.3) is 10.6 Å². The van der Waals surface area contributed by atoms with Crippen molar-refractivity contribution in [3.8, 4) is 33.6 Å². The molecule has 0 aliphatic heterocycles. The van der Waals surface area contributed by atoms with Gasteiger partial charge in [0.25, 0.3) is 0 Å². The Kier molecular flexibility index (Phi) is 8.64. The van der Waals surface area contributed by atoms with Gasteiger partial charge in [-0.3, -0.25) is 4.79 Å². The average molecular weight is 475 g/mol. The van der Waals surface area contributed by atoms with E-state index in [2.05, 4.69) is 10.3 Å². The molecule has 0 saturated carbocycles. The van der Waals surface area contributed by atoms with Crippen molar-refractivity contribution in [3.63, 3.8) is 0 Å². The maximum atomic E-state index is 12.4. The zero-order valence-corrected chi connectivity index (χ0v) is 20.1. The first kappa shape index (κ1) is 23.7. The number of hydrogen-bond donors (Lipinski definition) is 1. The van der Waals surface area contributed by atoms with E-state index in [-0.39, 0.29) is 5.91 Å². The minimum atomic E-state index is -0.119. The molecular weight excluding hydrogens is 448 g/mol. The highest BCUT2D eigenvalue weighted by Crippen LogP contribution is 2.40. The lowest BCUT2D eigenvalue weighted by atomic mass is 10.2. The molecule has 170 valence electrons. The van der Waals surface area contributed by atoms with Gasteiger partial charge in [0, 0.05) is 34.5 Å². The molecule has 3 aromatic rings. The number of methoxy groups -OCH3 is 3. The van der Waals surface area contributed by atoms with Crippen LogP contribution in [0, 0.1) is 0 Å². The number of rotatable bonds is 11. The topological polar surface area (TPSA) is 78.9 Å². The lowest BCUT2D eigenvalue weighted by molar-refractivity contribution is -0.113. The highest BCUT2D eigenvalue weighted by molar-refractivity contribution is 7.99. The number of nitrogens with one attached hydrogen (secondary N) is 1. The van der Waals surface area contributed by atoms with Crippen LogP contribution in [0.15, 0.2) is 41.8 Å². The fourth-order valence-corrected chi connectivity index (χ4v) is 4.61. The van der Waals surface area contributed by atoms with Gasteiger partial charge in [-0.25, -0.2) is 4.98 Å². The third kappa shape index (κ3) is 6.08. The molecule has 0 saturated heterocycles. The predicted octanol–water partition coefficient (Wildman–Crippen LogP) is 5.11. The van der Waals surface area contributed by atoms with Gasteiger partial charge in [-0.1, -0.05) is 0 Å². The number of carbonyl (C=O) groups is 1. The van der Waals surface area contributed by atoms with Gasteiger partial charge in [0.15, 0.2) is 11.5 Å². The maximum Gasteiger partial charge on any atom is 0.234 e. The van der Waals surface area contributed by atoms with Gasteiger partial charge in [-0.2, -0.15) is 0 Å². The van der Waals surface area contributed by atoms with Crippen LogP contribution in [-0.2, 0) is 10.5 Å². The molecule has 0 aliphatic rings. The second kappa shape index (κ2) is 11.6. The summed E-state index contributed by atoms with van der Waals surface area (Å²) >= 11 is 3.09. The number of thioether (sulfide) groups is 1. The predicted molar refractivity (Wildman–Crippen MR) is 130 cm³/mol. The van der Waals surface area contributed by atoms with Gasteiger partial charge in [-0.15, -0.1) is 23.1 Å². The van der Waals surface area contributed by atoms with E-state index >= 15 is 0 Å². The number of aromatic nitrogens is 1. The molecule has 7 nitrogen and oxygen atoms in total. The standard InChI is InChI=1S/C23H26N2O5S2/c1-5-30-18-8-6-15(7-9-18)23-25-17(13-32-23)12-31-14-21(26)24-16-10-19(27-2)22(29-4)20(11-16)28-3/h6-11,13H,5,12,14H2,1-4H3,(H,24,26). The van der Waals surface area contributed by atoms with Gasteiger partial charge in [0.2, 0.25) is 11.7 Å². The van der Waals surface area contributed by atoms with Crippen molar-refractivity contribution < 1.29 is 23.7 Å². The first-order valence-electron chi connectivity index (χ1n) is 9.93. The van der Waals surface area contributed by atoms with Crippen molar-refractivity contribution in [2.24, 2.45) is 0 Å². The molecule has 1 N–H and O–H groups in total. The van der Waals surface area contributed by atoms with Gasteiger partial charge < -0.3 is 24.3 Å². The summed E-state index contributed by atoms with van der Waals surface area (Å²) in [5.74, 6) is 3.13. The van der Waals surface area contributed by atoms with Crippen LogP contribution in [-0.4, -0.2) is 44.6 Å². The summed E-state index contributed by atoms with van der Waals surface area (Å²) in [6, 6.07) is 11.3. The molecule has 0 aliphatic carbocycles. The molecule has 0 atom stereocenters. The normalized spacial score (nSPS) is 10.5. The zero-order valence-electron chi connectivity index (χ0n) is 18.5. The summed E-state index contributed by atoms with van der Waals surface area (Å²) in [5.41, 5.74) is 2.58. The molecular formula is C23H26N2O5S2. The van der Waals surface area contributed by atoms with Crippen molar-refractivity contribution in [1.82, 2.24) is 4.98 Å². The maximum absolute atomic E-state index is 12.4. The highest BCUT2D eigenvalue weighted by Gasteiger charge is 2.15. The summed E-state index contributed by atoms with van der Waals surface area (Å²) in [7, 11) is 4.61. The third-order valence-corrected chi connectivity index (χ3v) is 6.30. The number of nitrogens with zero attached hydrogens (tertiary/aromatic N) is 1. The molecule has 0 spiro atoms. The number of ether oxygens (including phenoxy) is 4. The molecule has 1 amide bonds. The van der Waals surface area contributed by atoms with E-state index in [0.717, 1.165) is 22.0 Å². The van der Waals surface area contributed by atoms with Crippen LogP contribution in [0.3, 0.4) is 0 Å². The van der Waals surface area contributed by atoms with E-state index < -0.39 is 0 Å². The Hall–Kier alpha value is -2.91. The fourth-order valence-electron chi connectivity index (χ4n) is 2.96. The highest BCUT2D eigenvalue weighted by atomic mass is 32.2. The van der Waals surface area contributed by atoms with E-state index in [4.69, 9.17) is 18.9 Å². The van der Waals surface area contributed by atoms with E-state index in [1.54, 1.807) is 23.5 Å². The van der Waals surface area contributed by atoms with Crippen molar-refractivity contribution in [3.05, 3.63) is 47.5 Å². The smallest absolute Gasteiger partial charge is 0.234 e. The minimum Gasteiger partial charge on any atom is -0.494 e. The Morgan fingerprint density at radius 1 is 1.06 bits per heavy atom. The molecule has 0 fully saturated rings. The van der Waals surface area contributed by atoms with Crippen molar-refractivity contribution in [2.75, 3.05) is 39.0 Å². The number of amides is 1. The Labute approximate surface area is 196 Å².